The minimum Gasteiger partial charge on any atom is -0.495 e. The van der Waals surface area contributed by atoms with Gasteiger partial charge < -0.3 is 15.6 Å². The molecule has 0 radical (unpaired) electrons. The molecule has 0 rings (SSSR count). The molecule has 0 atom stereocenters. The molecule has 92 valence electrons. The summed E-state index contributed by atoms with van der Waals surface area (Å²) in [6.07, 6.45) is 2.16. The van der Waals surface area contributed by atoms with Crippen molar-refractivity contribution in [2.45, 2.75) is 26.7 Å². The number of nitrogens with two attached hydrogens (primary N) is 1. The van der Waals surface area contributed by atoms with E-state index in [0.717, 1.165) is 0 Å². The molecular weight excluding hydrogens is 208 g/mol. The second-order valence-corrected chi connectivity index (χ2v) is 3.86. The first-order chi connectivity index (χ1) is 7.47. The number of hydrogen-bond acceptors (Lipinski definition) is 4. The first-order valence-electron chi connectivity index (χ1n) is 5.22. The SMILES string of the molecule is CN=C/C(N)=C(\CC(C)C)OCCC(=O)O. The molecule has 0 saturated carbocycles. The van der Waals surface area contributed by atoms with Gasteiger partial charge in [-0.2, -0.15) is 0 Å². The number of ether oxygens (including phenoxy) is 1. The van der Waals surface area contributed by atoms with Crippen molar-refractivity contribution in [1.82, 2.24) is 0 Å². The van der Waals surface area contributed by atoms with Crippen LogP contribution in [0.3, 0.4) is 0 Å². The van der Waals surface area contributed by atoms with Gasteiger partial charge in [0.25, 0.3) is 0 Å². The monoisotopic (exact) mass is 228 g/mol. The van der Waals surface area contributed by atoms with Gasteiger partial charge >= 0.3 is 5.97 Å². The van der Waals surface area contributed by atoms with Crippen molar-refractivity contribution in [1.29, 1.82) is 0 Å². The van der Waals surface area contributed by atoms with Gasteiger partial charge in [0.15, 0.2) is 0 Å². The quantitative estimate of drug-likeness (QED) is 0.509. The zero-order chi connectivity index (χ0) is 12.6. The first-order valence-corrected chi connectivity index (χ1v) is 5.22. The number of nitrogens with zero attached hydrogens (tertiary/aromatic N) is 1. The van der Waals surface area contributed by atoms with E-state index in [2.05, 4.69) is 4.99 Å². The Labute approximate surface area is 96.0 Å². The van der Waals surface area contributed by atoms with Gasteiger partial charge in [-0.05, 0) is 5.92 Å². The van der Waals surface area contributed by atoms with E-state index in [1.807, 2.05) is 13.8 Å². The van der Waals surface area contributed by atoms with Gasteiger partial charge in [0.1, 0.15) is 5.76 Å². The Hall–Kier alpha value is -1.52. The molecule has 5 nitrogen and oxygen atoms in total. The van der Waals surface area contributed by atoms with Crippen LogP contribution in [0.4, 0.5) is 0 Å². The van der Waals surface area contributed by atoms with E-state index in [0.29, 0.717) is 23.8 Å². The van der Waals surface area contributed by atoms with Crippen molar-refractivity contribution >= 4 is 12.2 Å². The predicted octanol–water partition coefficient (Wildman–Crippen LogP) is 1.39. The lowest BCUT2D eigenvalue weighted by Gasteiger charge is -2.13. The number of allylic oxidation sites excluding steroid dienone is 2. The summed E-state index contributed by atoms with van der Waals surface area (Å²) in [6.45, 7) is 4.21. The van der Waals surface area contributed by atoms with Crippen molar-refractivity contribution in [2.75, 3.05) is 13.7 Å². The van der Waals surface area contributed by atoms with Crippen LogP contribution in [0.1, 0.15) is 26.7 Å². The van der Waals surface area contributed by atoms with Crippen molar-refractivity contribution in [3.05, 3.63) is 11.5 Å². The third kappa shape index (κ3) is 6.86. The molecule has 0 amide bonds. The normalized spacial score (nSPS) is 13.0. The number of aliphatic carboxylic acids is 1. The van der Waals surface area contributed by atoms with Gasteiger partial charge in [-0.15, -0.1) is 0 Å². The molecule has 0 aromatic heterocycles. The Bertz CT molecular complexity index is 283. The Morgan fingerprint density at radius 1 is 1.56 bits per heavy atom. The number of hydrogen-bond donors (Lipinski definition) is 2. The molecule has 0 aliphatic rings. The fraction of sp³-hybridized carbons (Fsp3) is 0.636. The zero-order valence-electron chi connectivity index (χ0n) is 10.1. The van der Waals surface area contributed by atoms with Gasteiger partial charge in [-0.3, -0.25) is 9.79 Å². The molecule has 16 heavy (non-hydrogen) atoms. The summed E-state index contributed by atoms with van der Waals surface area (Å²) in [5.74, 6) is 0.122. The molecular formula is C11H20N2O3. The molecule has 0 spiro atoms. The molecule has 0 bridgehead atoms. The highest BCUT2D eigenvalue weighted by Gasteiger charge is 2.08. The van der Waals surface area contributed by atoms with Crippen molar-refractivity contribution in [3.63, 3.8) is 0 Å². The van der Waals surface area contributed by atoms with Gasteiger partial charge in [-0.1, -0.05) is 13.8 Å². The topological polar surface area (TPSA) is 84.9 Å². The van der Waals surface area contributed by atoms with Crippen LogP contribution in [-0.2, 0) is 9.53 Å². The number of carboxylic acids is 1. The van der Waals surface area contributed by atoms with Crippen LogP contribution in [0, 0.1) is 5.92 Å². The second-order valence-electron chi connectivity index (χ2n) is 3.86. The average Bonchev–Trinajstić information content (AvgIpc) is 2.15. The van der Waals surface area contributed by atoms with Crippen LogP contribution >= 0.6 is 0 Å². The van der Waals surface area contributed by atoms with E-state index < -0.39 is 5.97 Å². The summed E-state index contributed by atoms with van der Waals surface area (Å²) in [7, 11) is 1.62. The molecule has 5 heteroatoms. The average molecular weight is 228 g/mol. The summed E-state index contributed by atoms with van der Waals surface area (Å²) in [5, 5.41) is 8.50. The maximum Gasteiger partial charge on any atom is 0.306 e. The summed E-state index contributed by atoms with van der Waals surface area (Å²) in [6, 6.07) is 0. The van der Waals surface area contributed by atoms with Gasteiger partial charge in [0.05, 0.1) is 18.7 Å². The molecule has 0 aromatic carbocycles. The van der Waals surface area contributed by atoms with Crippen LogP contribution in [0.15, 0.2) is 16.4 Å². The molecule has 0 aromatic rings. The molecule has 0 fully saturated rings. The number of rotatable bonds is 7. The lowest BCUT2D eigenvalue weighted by molar-refractivity contribution is -0.137. The first kappa shape index (κ1) is 14.5. The zero-order valence-corrected chi connectivity index (χ0v) is 10.1. The lowest BCUT2D eigenvalue weighted by Crippen LogP contribution is -2.11. The van der Waals surface area contributed by atoms with Crippen LogP contribution in [0.25, 0.3) is 0 Å². The Kier molecular flexibility index (Phi) is 7.00. The van der Waals surface area contributed by atoms with Crippen molar-refractivity contribution in [3.8, 4) is 0 Å². The fourth-order valence-corrected chi connectivity index (χ4v) is 1.10. The molecule has 0 saturated heterocycles. The van der Waals surface area contributed by atoms with E-state index >= 15 is 0 Å². The fourth-order valence-electron chi connectivity index (χ4n) is 1.10. The van der Waals surface area contributed by atoms with E-state index in [1.165, 1.54) is 6.21 Å². The van der Waals surface area contributed by atoms with E-state index in [9.17, 15) is 4.79 Å². The van der Waals surface area contributed by atoms with E-state index in [1.54, 1.807) is 7.05 Å². The van der Waals surface area contributed by atoms with E-state index in [4.69, 9.17) is 15.6 Å². The van der Waals surface area contributed by atoms with Gasteiger partial charge in [-0.25, -0.2) is 0 Å². The number of carboxylic acid groups (broad SMARTS) is 1. The maximum absolute atomic E-state index is 10.3. The van der Waals surface area contributed by atoms with Crippen LogP contribution < -0.4 is 5.73 Å². The standard InChI is InChI=1S/C11H20N2O3/c1-8(2)6-10(9(12)7-13-3)16-5-4-11(14)15/h7-8H,4-6,12H2,1-3H3,(H,14,15)/b10-9-,13-7?. The molecule has 0 aliphatic heterocycles. The Morgan fingerprint density at radius 2 is 2.19 bits per heavy atom. The minimum absolute atomic E-state index is 0.0296. The van der Waals surface area contributed by atoms with Gasteiger partial charge in [0.2, 0.25) is 0 Å². The second kappa shape index (κ2) is 7.73. The molecule has 0 heterocycles. The summed E-state index contributed by atoms with van der Waals surface area (Å²) >= 11 is 0. The Balaban J connectivity index is 4.43. The predicted molar refractivity (Wildman–Crippen MR) is 63.3 cm³/mol. The maximum atomic E-state index is 10.3. The van der Waals surface area contributed by atoms with Gasteiger partial charge in [0, 0.05) is 19.7 Å². The molecule has 3 N–H and O–H groups in total. The Morgan fingerprint density at radius 3 is 2.62 bits per heavy atom. The summed E-state index contributed by atoms with van der Waals surface area (Å²) < 4.78 is 5.36. The number of carbonyl (C=O) groups is 1. The molecule has 0 aliphatic carbocycles. The van der Waals surface area contributed by atoms with Crippen LogP contribution in [0.2, 0.25) is 0 Å². The van der Waals surface area contributed by atoms with Crippen LogP contribution in [-0.4, -0.2) is 30.9 Å². The van der Waals surface area contributed by atoms with E-state index in [-0.39, 0.29) is 13.0 Å². The third-order valence-corrected chi connectivity index (χ3v) is 1.78. The summed E-state index contributed by atoms with van der Waals surface area (Å²) in [4.78, 5) is 14.1. The molecule has 0 unspecified atom stereocenters. The summed E-state index contributed by atoms with van der Waals surface area (Å²) in [5.41, 5.74) is 6.21. The highest BCUT2D eigenvalue weighted by Crippen LogP contribution is 2.14. The van der Waals surface area contributed by atoms with Crippen molar-refractivity contribution < 1.29 is 14.6 Å². The lowest BCUT2D eigenvalue weighted by atomic mass is 10.1. The number of aliphatic imine (C=N–C) groups is 1. The minimum atomic E-state index is -0.883. The highest BCUT2D eigenvalue weighted by molar-refractivity contribution is 5.77. The van der Waals surface area contributed by atoms with Crippen molar-refractivity contribution in [2.24, 2.45) is 16.6 Å². The largest absolute Gasteiger partial charge is 0.495 e. The highest BCUT2D eigenvalue weighted by atomic mass is 16.5. The smallest absolute Gasteiger partial charge is 0.306 e. The third-order valence-electron chi connectivity index (χ3n) is 1.78. The van der Waals surface area contributed by atoms with Crippen LogP contribution in [0.5, 0.6) is 0 Å².